The fraction of sp³-hybridized carbons (Fsp3) is 0.308. The smallest absolute Gasteiger partial charge is 0.246 e. The van der Waals surface area contributed by atoms with Crippen molar-refractivity contribution in [2.45, 2.75) is 13.8 Å². The number of hydrogen-bond donors (Lipinski definition) is 0. The van der Waals surface area contributed by atoms with Crippen LogP contribution in [0.4, 0.5) is 0 Å². The van der Waals surface area contributed by atoms with E-state index in [1.165, 1.54) is 0 Å². The van der Waals surface area contributed by atoms with Crippen molar-refractivity contribution in [3.8, 4) is 0 Å². The van der Waals surface area contributed by atoms with Gasteiger partial charge in [0.05, 0.1) is 0 Å². The lowest BCUT2D eigenvalue weighted by atomic mass is 10.2. The first kappa shape index (κ1) is 12.8. The van der Waals surface area contributed by atoms with E-state index in [4.69, 9.17) is 11.6 Å². The molecule has 0 heterocycles. The van der Waals surface area contributed by atoms with Crippen molar-refractivity contribution in [1.29, 1.82) is 0 Å². The Morgan fingerprint density at radius 2 is 1.94 bits per heavy atom. The van der Waals surface area contributed by atoms with Crippen LogP contribution in [0.1, 0.15) is 19.4 Å². The number of amides is 1. The topological polar surface area (TPSA) is 20.3 Å². The molecule has 16 heavy (non-hydrogen) atoms. The van der Waals surface area contributed by atoms with Crippen LogP contribution in [0.15, 0.2) is 30.3 Å². The Morgan fingerprint density at radius 3 is 2.50 bits per heavy atom. The summed E-state index contributed by atoms with van der Waals surface area (Å²) in [6.07, 6.45) is 3.32. The molecule has 0 saturated carbocycles. The van der Waals surface area contributed by atoms with E-state index in [9.17, 15) is 4.79 Å². The van der Waals surface area contributed by atoms with Crippen LogP contribution in [0.25, 0.3) is 6.08 Å². The molecule has 0 atom stereocenters. The first-order chi connectivity index (χ1) is 7.69. The van der Waals surface area contributed by atoms with Crippen molar-refractivity contribution < 1.29 is 4.79 Å². The molecule has 1 amide bonds. The van der Waals surface area contributed by atoms with Crippen molar-refractivity contribution in [1.82, 2.24) is 4.90 Å². The Balaban J connectivity index is 2.74. The van der Waals surface area contributed by atoms with E-state index < -0.39 is 0 Å². The second-order valence-corrected chi connectivity index (χ2v) is 3.77. The lowest BCUT2D eigenvalue weighted by Gasteiger charge is -2.15. The highest BCUT2D eigenvalue weighted by atomic mass is 35.5. The molecule has 0 spiro atoms. The van der Waals surface area contributed by atoms with Crippen LogP contribution in [0.5, 0.6) is 0 Å². The van der Waals surface area contributed by atoms with E-state index in [-0.39, 0.29) is 5.91 Å². The molecule has 0 aromatic heterocycles. The summed E-state index contributed by atoms with van der Waals surface area (Å²) in [6, 6.07) is 7.46. The minimum Gasteiger partial charge on any atom is -0.340 e. The highest BCUT2D eigenvalue weighted by molar-refractivity contribution is 6.32. The average molecular weight is 238 g/mol. The Morgan fingerprint density at radius 1 is 1.31 bits per heavy atom. The Kier molecular flexibility index (Phi) is 5.06. The van der Waals surface area contributed by atoms with Crippen molar-refractivity contribution >= 4 is 23.6 Å². The first-order valence-electron chi connectivity index (χ1n) is 5.40. The molecule has 86 valence electrons. The molecule has 1 rings (SSSR count). The molecule has 2 nitrogen and oxygen atoms in total. The fourth-order valence-corrected chi connectivity index (χ4v) is 1.61. The zero-order chi connectivity index (χ0) is 12.0. The zero-order valence-electron chi connectivity index (χ0n) is 9.61. The summed E-state index contributed by atoms with van der Waals surface area (Å²) in [5.74, 6) is 0.0184. The first-order valence-corrected chi connectivity index (χ1v) is 5.78. The number of likely N-dealkylation sites (N-methyl/N-ethyl adjacent to an activating group) is 1. The van der Waals surface area contributed by atoms with Gasteiger partial charge in [0.2, 0.25) is 5.91 Å². The van der Waals surface area contributed by atoms with E-state index in [1.54, 1.807) is 17.1 Å². The van der Waals surface area contributed by atoms with Crippen molar-refractivity contribution in [2.75, 3.05) is 13.1 Å². The SMILES string of the molecule is CCN(CC)C(=O)C=Cc1ccccc1Cl. The van der Waals surface area contributed by atoms with Gasteiger partial charge in [0.1, 0.15) is 0 Å². The van der Waals surface area contributed by atoms with Crippen LogP contribution in [0.3, 0.4) is 0 Å². The number of carbonyl (C=O) groups excluding carboxylic acids is 1. The lowest BCUT2D eigenvalue weighted by molar-refractivity contribution is -0.125. The van der Waals surface area contributed by atoms with Crippen LogP contribution in [-0.2, 0) is 4.79 Å². The van der Waals surface area contributed by atoms with Crippen molar-refractivity contribution in [3.05, 3.63) is 40.9 Å². The van der Waals surface area contributed by atoms with Crippen LogP contribution >= 0.6 is 11.6 Å². The minimum atomic E-state index is 0.0184. The van der Waals surface area contributed by atoms with Gasteiger partial charge in [-0.1, -0.05) is 29.8 Å². The van der Waals surface area contributed by atoms with Crippen LogP contribution in [0.2, 0.25) is 5.02 Å². The third-order valence-electron chi connectivity index (χ3n) is 2.39. The summed E-state index contributed by atoms with van der Waals surface area (Å²) >= 11 is 5.98. The maximum absolute atomic E-state index is 11.7. The number of benzene rings is 1. The van der Waals surface area contributed by atoms with Gasteiger partial charge in [-0.05, 0) is 31.6 Å². The highest BCUT2D eigenvalue weighted by Gasteiger charge is 2.04. The van der Waals surface area contributed by atoms with Gasteiger partial charge in [0, 0.05) is 24.2 Å². The summed E-state index contributed by atoms with van der Waals surface area (Å²) in [6.45, 7) is 5.37. The van der Waals surface area contributed by atoms with Gasteiger partial charge in [-0.25, -0.2) is 0 Å². The monoisotopic (exact) mass is 237 g/mol. The Bertz CT molecular complexity index is 383. The summed E-state index contributed by atoms with van der Waals surface area (Å²) in [7, 11) is 0. The molecule has 0 bridgehead atoms. The number of hydrogen-bond acceptors (Lipinski definition) is 1. The summed E-state index contributed by atoms with van der Waals surface area (Å²) < 4.78 is 0. The predicted molar refractivity (Wildman–Crippen MR) is 68.4 cm³/mol. The molecule has 0 radical (unpaired) electrons. The van der Waals surface area contributed by atoms with E-state index in [1.807, 2.05) is 38.1 Å². The number of nitrogens with zero attached hydrogens (tertiary/aromatic N) is 1. The summed E-state index contributed by atoms with van der Waals surface area (Å²) in [5.41, 5.74) is 0.865. The maximum Gasteiger partial charge on any atom is 0.246 e. The normalized spacial score (nSPS) is 10.7. The molecule has 0 aliphatic carbocycles. The standard InChI is InChI=1S/C13H16ClNO/c1-3-15(4-2)13(16)10-9-11-7-5-6-8-12(11)14/h5-10H,3-4H2,1-2H3. The highest BCUT2D eigenvalue weighted by Crippen LogP contribution is 2.16. The predicted octanol–water partition coefficient (Wildman–Crippen LogP) is 3.22. The second kappa shape index (κ2) is 6.33. The third-order valence-corrected chi connectivity index (χ3v) is 2.73. The zero-order valence-corrected chi connectivity index (χ0v) is 10.4. The molecule has 1 aromatic rings. The van der Waals surface area contributed by atoms with Crippen LogP contribution in [-0.4, -0.2) is 23.9 Å². The number of halogens is 1. The number of rotatable bonds is 4. The van der Waals surface area contributed by atoms with Gasteiger partial charge in [-0.15, -0.1) is 0 Å². The second-order valence-electron chi connectivity index (χ2n) is 3.37. The maximum atomic E-state index is 11.7. The van der Waals surface area contributed by atoms with E-state index >= 15 is 0 Å². The van der Waals surface area contributed by atoms with Gasteiger partial charge in [0.25, 0.3) is 0 Å². The van der Waals surface area contributed by atoms with Crippen molar-refractivity contribution in [2.24, 2.45) is 0 Å². The molecule has 0 aliphatic heterocycles. The summed E-state index contributed by atoms with van der Waals surface area (Å²) in [5, 5.41) is 0.658. The van der Waals surface area contributed by atoms with Gasteiger partial charge in [-0.2, -0.15) is 0 Å². The lowest BCUT2D eigenvalue weighted by Crippen LogP contribution is -2.28. The van der Waals surface area contributed by atoms with Gasteiger partial charge < -0.3 is 4.90 Å². The molecule has 0 unspecified atom stereocenters. The Hall–Kier alpha value is -1.28. The molecule has 0 aliphatic rings. The van der Waals surface area contributed by atoms with Crippen LogP contribution < -0.4 is 0 Å². The molecule has 3 heteroatoms. The minimum absolute atomic E-state index is 0.0184. The molecule has 0 saturated heterocycles. The van der Waals surface area contributed by atoms with Crippen LogP contribution in [0, 0.1) is 0 Å². The average Bonchev–Trinajstić information content (AvgIpc) is 2.29. The van der Waals surface area contributed by atoms with Gasteiger partial charge >= 0.3 is 0 Å². The molecular formula is C13H16ClNO. The largest absolute Gasteiger partial charge is 0.340 e. The van der Waals surface area contributed by atoms with Crippen molar-refractivity contribution in [3.63, 3.8) is 0 Å². The third kappa shape index (κ3) is 3.38. The molecular weight excluding hydrogens is 222 g/mol. The van der Waals surface area contributed by atoms with E-state index in [0.29, 0.717) is 5.02 Å². The number of carbonyl (C=O) groups is 1. The molecule has 0 fully saturated rings. The molecule has 0 N–H and O–H groups in total. The van der Waals surface area contributed by atoms with Gasteiger partial charge in [-0.3, -0.25) is 4.79 Å². The van der Waals surface area contributed by atoms with Gasteiger partial charge in [0.15, 0.2) is 0 Å². The quantitative estimate of drug-likeness (QED) is 0.737. The van der Waals surface area contributed by atoms with E-state index in [0.717, 1.165) is 18.7 Å². The molecule has 1 aromatic carbocycles. The summed E-state index contributed by atoms with van der Waals surface area (Å²) in [4.78, 5) is 13.4. The fourth-order valence-electron chi connectivity index (χ4n) is 1.41. The van der Waals surface area contributed by atoms with E-state index in [2.05, 4.69) is 0 Å². The Labute approximate surface area is 102 Å².